The van der Waals surface area contributed by atoms with Gasteiger partial charge >= 0.3 is 5.97 Å². The van der Waals surface area contributed by atoms with Gasteiger partial charge < -0.3 is 9.64 Å². The molecule has 0 aromatic heterocycles. The SMILES string of the molecule is CN1[C@@H]2CC[C@H]1CC(C)(OC(=O)c1cccc3ccccc13)C2. The van der Waals surface area contributed by atoms with Gasteiger partial charge in [0, 0.05) is 24.9 Å². The van der Waals surface area contributed by atoms with Crippen molar-refractivity contribution in [1.82, 2.24) is 4.90 Å². The molecule has 2 bridgehead atoms. The summed E-state index contributed by atoms with van der Waals surface area (Å²) < 4.78 is 6.04. The Bertz CT molecular complexity index is 735. The van der Waals surface area contributed by atoms with Gasteiger partial charge in [0.05, 0.1) is 5.56 Å². The van der Waals surface area contributed by atoms with Crippen LogP contribution in [0.4, 0.5) is 0 Å². The van der Waals surface area contributed by atoms with E-state index in [1.165, 1.54) is 12.8 Å². The lowest BCUT2D eigenvalue weighted by atomic mass is 9.88. The van der Waals surface area contributed by atoms with Crippen LogP contribution >= 0.6 is 0 Å². The Balaban J connectivity index is 1.60. The van der Waals surface area contributed by atoms with Crippen molar-refractivity contribution in [2.24, 2.45) is 0 Å². The van der Waals surface area contributed by atoms with Crippen LogP contribution in [0.1, 0.15) is 43.0 Å². The second-order valence-electron chi connectivity index (χ2n) is 7.32. The molecule has 3 nitrogen and oxygen atoms in total. The van der Waals surface area contributed by atoms with Crippen molar-refractivity contribution < 1.29 is 9.53 Å². The van der Waals surface area contributed by atoms with Crippen LogP contribution in [0.25, 0.3) is 10.8 Å². The molecule has 3 atom stereocenters. The Hall–Kier alpha value is -1.87. The molecule has 0 saturated carbocycles. The summed E-state index contributed by atoms with van der Waals surface area (Å²) >= 11 is 0. The first-order chi connectivity index (χ1) is 11.1. The Morgan fingerprint density at radius 3 is 2.48 bits per heavy atom. The number of benzene rings is 2. The van der Waals surface area contributed by atoms with Gasteiger partial charge in [0.25, 0.3) is 0 Å². The van der Waals surface area contributed by atoms with E-state index in [-0.39, 0.29) is 11.6 Å². The molecule has 3 heteroatoms. The van der Waals surface area contributed by atoms with Gasteiger partial charge in [-0.3, -0.25) is 0 Å². The van der Waals surface area contributed by atoms with Gasteiger partial charge in [-0.2, -0.15) is 0 Å². The maximum absolute atomic E-state index is 12.8. The molecule has 2 saturated heterocycles. The number of carbonyl (C=O) groups is 1. The van der Waals surface area contributed by atoms with Gasteiger partial charge in [0.1, 0.15) is 5.60 Å². The first kappa shape index (κ1) is 14.7. The van der Waals surface area contributed by atoms with Crippen LogP contribution in [0.5, 0.6) is 0 Å². The van der Waals surface area contributed by atoms with Crippen molar-refractivity contribution in [2.45, 2.75) is 50.3 Å². The molecule has 1 unspecified atom stereocenters. The van der Waals surface area contributed by atoms with Gasteiger partial charge in [-0.15, -0.1) is 0 Å². The minimum atomic E-state index is -0.341. The second kappa shape index (κ2) is 5.34. The topological polar surface area (TPSA) is 29.5 Å². The van der Waals surface area contributed by atoms with E-state index in [1.54, 1.807) is 0 Å². The van der Waals surface area contributed by atoms with Crippen molar-refractivity contribution in [3.8, 4) is 0 Å². The largest absolute Gasteiger partial charge is 0.456 e. The van der Waals surface area contributed by atoms with Crippen molar-refractivity contribution >= 4 is 16.7 Å². The Morgan fingerprint density at radius 2 is 1.74 bits per heavy atom. The summed E-state index contributed by atoms with van der Waals surface area (Å²) in [4.78, 5) is 15.3. The molecule has 0 radical (unpaired) electrons. The molecular formula is C20H23NO2. The van der Waals surface area contributed by atoms with E-state index >= 15 is 0 Å². The molecule has 2 aliphatic heterocycles. The number of hydrogen-bond donors (Lipinski definition) is 0. The highest BCUT2D eigenvalue weighted by atomic mass is 16.6. The zero-order chi connectivity index (χ0) is 16.0. The minimum absolute atomic E-state index is 0.187. The lowest BCUT2D eigenvalue weighted by molar-refractivity contribution is -0.0555. The number of ether oxygens (including phenoxy) is 1. The first-order valence-corrected chi connectivity index (χ1v) is 8.49. The zero-order valence-corrected chi connectivity index (χ0v) is 13.8. The third kappa shape index (κ3) is 2.53. The lowest BCUT2D eigenvalue weighted by Crippen LogP contribution is -2.49. The van der Waals surface area contributed by atoms with E-state index in [0.29, 0.717) is 17.6 Å². The summed E-state index contributed by atoms with van der Waals surface area (Å²) in [7, 11) is 2.20. The van der Waals surface area contributed by atoms with E-state index in [9.17, 15) is 4.79 Å². The van der Waals surface area contributed by atoms with Gasteiger partial charge in [-0.05, 0) is 43.7 Å². The molecule has 2 aliphatic rings. The molecule has 0 aliphatic carbocycles. The standard InChI is InChI=1S/C20H23NO2/c1-20(12-15-10-11-16(13-20)21(15)2)23-19(22)18-9-5-7-14-6-3-4-8-17(14)18/h3-9,15-16H,10-13H2,1-2H3/t15-,16+,20?. The van der Waals surface area contributed by atoms with Crippen LogP contribution in [0, 0.1) is 0 Å². The van der Waals surface area contributed by atoms with Crippen molar-refractivity contribution in [2.75, 3.05) is 7.05 Å². The molecule has 2 heterocycles. The Labute approximate surface area is 137 Å². The number of esters is 1. The highest BCUT2D eigenvalue weighted by Gasteiger charge is 2.46. The molecule has 2 fully saturated rings. The molecule has 0 N–H and O–H groups in total. The molecule has 0 amide bonds. The van der Waals surface area contributed by atoms with E-state index < -0.39 is 0 Å². The van der Waals surface area contributed by atoms with Gasteiger partial charge in [0.15, 0.2) is 0 Å². The molecule has 4 rings (SSSR count). The summed E-state index contributed by atoms with van der Waals surface area (Å²) in [6.07, 6.45) is 4.33. The third-order valence-corrected chi connectivity index (χ3v) is 5.67. The molecular weight excluding hydrogens is 286 g/mol. The molecule has 0 spiro atoms. The van der Waals surface area contributed by atoms with Crippen LogP contribution in [0.3, 0.4) is 0 Å². The second-order valence-corrected chi connectivity index (χ2v) is 7.32. The fraction of sp³-hybridized carbons (Fsp3) is 0.450. The predicted molar refractivity (Wildman–Crippen MR) is 91.6 cm³/mol. The number of carbonyl (C=O) groups excluding carboxylic acids is 1. The molecule has 23 heavy (non-hydrogen) atoms. The monoisotopic (exact) mass is 309 g/mol. The average molecular weight is 309 g/mol. The Kier molecular flexibility index (Phi) is 3.42. The predicted octanol–water partition coefficient (Wildman–Crippen LogP) is 4.01. The summed E-state index contributed by atoms with van der Waals surface area (Å²) in [5.74, 6) is -0.187. The van der Waals surface area contributed by atoms with Crippen LogP contribution in [-0.4, -0.2) is 35.6 Å². The average Bonchev–Trinajstić information content (AvgIpc) is 2.77. The lowest BCUT2D eigenvalue weighted by Gasteiger charge is -2.42. The number of nitrogens with zero attached hydrogens (tertiary/aromatic N) is 1. The van der Waals surface area contributed by atoms with Crippen LogP contribution in [0.15, 0.2) is 42.5 Å². The van der Waals surface area contributed by atoms with Gasteiger partial charge in [0.2, 0.25) is 0 Å². The summed E-state index contributed by atoms with van der Waals surface area (Å²) in [6.45, 7) is 2.11. The van der Waals surface area contributed by atoms with E-state index in [4.69, 9.17) is 4.74 Å². The van der Waals surface area contributed by atoms with E-state index in [1.807, 2.05) is 42.5 Å². The van der Waals surface area contributed by atoms with Crippen molar-refractivity contribution in [1.29, 1.82) is 0 Å². The maximum atomic E-state index is 12.8. The zero-order valence-electron chi connectivity index (χ0n) is 13.8. The van der Waals surface area contributed by atoms with Crippen LogP contribution in [-0.2, 0) is 4.74 Å². The number of rotatable bonds is 2. The molecule has 2 aromatic rings. The van der Waals surface area contributed by atoms with Crippen LogP contribution < -0.4 is 0 Å². The highest BCUT2D eigenvalue weighted by molar-refractivity contribution is 6.04. The maximum Gasteiger partial charge on any atom is 0.339 e. The summed E-state index contributed by atoms with van der Waals surface area (Å²) in [6, 6.07) is 14.9. The number of piperidine rings is 1. The normalized spacial score (nSPS) is 30.5. The molecule has 2 aromatic carbocycles. The number of fused-ring (bicyclic) bond motifs is 3. The smallest absolute Gasteiger partial charge is 0.339 e. The quantitative estimate of drug-likeness (QED) is 0.785. The third-order valence-electron chi connectivity index (χ3n) is 5.67. The van der Waals surface area contributed by atoms with Crippen LogP contribution in [0.2, 0.25) is 0 Å². The fourth-order valence-corrected chi connectivity index (χ4v) is 4.43. The minimum Gasteiger partial charge on any atom is -0.456 e. The first-order valence-electron chi connectivity index (χ1n) is 8.49. The van der Waals surface area contributed by atoms with Crippen molar-refractivity contribution in [3.63, 3.8) is 0 Å². The van der Waals surface area contributed by atoms with Crippen molar-refractivity contribution in [3.05, 3.63) is 48.0 Å². The van der Waals surface area contributed by atoms with E-state index in [2.05, 4.69) is 18.9 Å². The summed E-state index contributed by atoms with van der Waals surface area (Å²) in [5.41, 5.74) is 0.336. The highest BCUT2D eigenvalue weighted by Crippen LogP contribution is 2.41. The summed E-state index contributed by atoms with van der Waals surface area (Å²) in [5, 5.41) is 2.05. The fourth-order valence-electron chi connectivity index (χ4n) is 4.43. The number of hydrogen-bond acceptors (Lipinski definition) is 3. The van der Waals surface area contributed by atoms with E-state index in [0.717, 1.165) is 23.6 Å². The van der Waals surface area contributed by atoms with Gasteiger partial charge in [-0.25, -0.2) is 4.79 Å². The van der Waals surface area contributed by atoms with Gasteiger partial charge in [-0.1, -0.05) is 36.4 Å². The Morgan fingerprint density at radius 1 is 1.09 bits per heavy atom. The molecule has 120 valence electrons.